The second kappa shape index (κ2) is 8.79. The average Bonchev–Trinajstić information content (AvgIpc) is 2.16. The Labute approximate surface area is 87.0 Å². The van der Waals surface area contributed by atoms with Crippen molar-refractivity contribution in [3.05, 3.63) is 12.7 Å². The van der Waals surface area contributed by atoms with Crippen LogP contribution in [0, 0.1) is 5.92 Å². The van der Waals surface area contributed by atoms with E-state index in [1.165, 1.54) is 31.8 Å². The molecule has 0 fully saturated rings. The fraction of sp³-hybridized carbons (Fsp3) is 0.750. The van der Waals surface area contributed by atoms with Gasteiger partial charge in [0, 0.05) is 0 Å². The van der Waals surface area contributed by atoms with Crippen molar-refractivity contribution in [3.8, 4) is 0 Å². The minimum absolute atomic E-state index is 0.346. The summed E-state index contributed by atoms with van der Waals surface area (Å²) < 4.78 is 0. The lowest BCUT2D eigenvalue weighted by atomic mass is 10.0. The van der Waals surface area contributed by atoms with Crippen LogP contribution in [-0.4, -0.2) is 11.1 Å². The molecule has 82 valence electrons. The molecule has 0 heterocycles. The van der Waals surface area contributed by atoms with Crippen LogP contribution < -0.4 is 0 Å². The van der Waals surface area contributed by atoms with Gasteiger partial charge in [-0.25, -0.2) is 0 Å². The quantitative estimate of drug-likeness (QED) is 0.454. The molecular weight excluding hydrogens is 176 g/mol. The molecule has 0 aromatic rings. The number of carboxylic acid groups (broad SMARTS) is 1. The Morgan fingerprint density at radius 2 is 1.86 bits per heavy atom. The smallest absolute Gasteiger partial charge is 0.310 e. The van der Waals surface area contributed by atoms with Crippen LogP contribution in [0.2, 0.25) is 0 Å². The normalized spacial score (nSPS) is 12.4. The van der Waals surface area contributed by atoms with Crippen molar-refractivity contribution in [3.63, 3.8) is 0 Å². The highest BCUT2D eigenvalue weighted by Gasteiger charge is 2.11. The molecule has 1 atom stereocenters. The molecule has 0 rings (SSSR count). The summed E-state index contributed by atoms with van der Waals surface area (Å²) in [7, 11) is 0. The molecule has 0 amide bonds. The highest BCUT2D eigenvalue weighted by molar-refractivity contribution is 5.71. The third-order valence-corrected chi connectivity index (χ3v) is 2.47. The van der Waals surface area contributed by atoms with E-state index in [9.17, 15) is 4.79 Å². The number of carboxylic acids is 1. The Bertz CT molecular complexity index is 164. The Morgan fingerprint density at radius 1 is 1.29 bits per heavy atom. The maximum Gasteiger partial charge on any atom is 0.310 e. The van der Waals surface area contributed by atoms with Crippen molar-refractivity contribution in [1.82, 2.24) is 0 Å². The highest BCUT2D eigenvalue weighted by atomic mass is 16.4. The van der Waals surface area contributed by atoms with E-state index in [2.05, 4.69) is 13.5 Å². The maximum absolute atomic E-state index is 10.6. The lowest BCUT2D eigenvalue weighted by Crippen LogP contribution is -2.10. The zero-order valence-corrected chi connectivity index (χ0v) is 9.17. The van der Waals surface area contributed by atoms with Crippen LogP contribution in [-0.2, 0) is 4.79 Å². The molecule has 0 spiro atoms. The molecule has 0 aromatic heterocycles. The highest BCUT2D eigenvalue weighted by Crippen LogP contribution is 2.13. The molecular formula is C12H22O2. The minimum atomic E-state index is -0.742. The SMILES string of the molecule is C=C[C@H](CCCCCCCC)C(=O)O. The lowest BCUT2D eigenvalue weighted by Gasteiger charge is -2.06. The topological polar surface area (TPSA) is 37.3 Å². The molecule has 0 bridgehead atoms. The molecule has 2 nitrogen and oxygen atoms in total. The van der Waals surface area contributed by atoms with Crippen molar-refractivity contribution < 1.29 is 9.90 Å². The summed E-state index contributed by atoms with van der Waals surface area (Å²) in [5, 5.41) is 8.74. The number of unbranched alkanes of at least 4 members (excludes halogenated alkanes) is 5. The number of hydrogen-bond donors (Lipinski definition) is 1. The fourth-order valence-corrected chi connectivity index (χ4v) is 1.49. The van der Waals surface area contributed by atoms with Gasteiger partial charge in [0.25, 0.3) is 0 Å². The molecule has 2 heteroatoms. The van der Waals surface area contributed by atoms with Crippen LogP contribution in [0.4, 0.5) is 0 Å². The molecule has 0 unspecified atom stereocenters. The molecule has 0 radical (unpaired) electrons. The first-order chi connectivity index (χ1) is 6.72. The molecule has 1 N–H and O–H groups in total. The number of hydrogen-bond acceptors (Lipinski definition) is 1. The van der Waals surface area contributed by atoms with Crippen molar-refractivity contribution in [1.29, 1.82) is 0 Å². The van der Waals surface area contributed by atoms with Gasteiger partial charge in [-0.1, -0.05) is 51.5 Å². The van der Waals surface area contributed by atoms with Gasteiger partial charge >= 0.3 is 5.97 Å². The molecule has 0 saturated carbocycles. The van der Waals surface area contributed by atoms with Crippen molar-refractivity contribution in [2.24, 2.45) is 5.92 Å². The van der Waals surface area contributed by atoms with Gasteiger partial charge < -0.3 is 5.11 Å². The molecule has 0 aromatic carbocycles. The third-order valence-electron chi connectivity index (χ3n) is 2.47. The lowest BCUT2D eigenvalue weighted by molar-refractivity contribution is -0.140. The summed E-state index contributed by atoms with van der Waals surface area (Å²) in [6.45, 7) is 5.72. The zero-order valence-electron chi connectivity index (χ0n) is 9.17. The Hall–Kier alpha value is -0.790. The van der Waals surface area contributed by atoms with E-state index in [1.807, 2.05) is 0 Å². The van der Waals surface area contributed by atoms with Crippen LogP contribution in [0.1, 0.15) is 51.9 Å². The number of carbonyl (C=O) groups is 1. The molecule has 0 aliphatic carbocycles. The van der Waals surface area contributed by atoms with Crippen LogP contribution in [0.3, 0.4) is 0 Å². The van der Waals surface area contributed by atoms with E-state index in [-0.39, 0.29) is 5.92 Å². The second-order valence-corrected chi connectivity index (χ2v) is 3.74. The Morgan fingerprint density at radius 3 is 2.36 bits per heavy atom. The average molecular weight is 198 g/mol. The van der Waals surface area contributed by atoms with E-state index < -0.39 is 5.97 Å². The Balaban J connectivity index is 3.33. The van der Waals surface area contributed by atoms with Gasteiger partial charge in [-0.05, 0) is 6.42 Å². The molecule has 14 heavy (non-hydrogen) atoms. The first kappa shape index (κ1) is 13.2. The van der Waals surface area contributed by atoms with Crippen molar-refractivity contribution in [2.45, 2.75) is 51.9 Å². The van der Waals surface area contributed by atoms with Gasteiger partial charge in [0.05, 0.1) is 5.92 Å². The molecule has 0 aliphatic rings. The third kappa shape index (κ3) is 6.70. The molecule has 0 aliphatic heterocycles. The van der Waals surface area contributed by atoms with Crippen LogP contribution in [0.25, 0.3) is 0 Å². The molecule has 0 saturated heterocycles. The van der Waals surface area contributed by atoms with E-state index in [1.54, 1.807) is 0 Å². The standard InChI is InChI=1S/C12H22O2/c1-3-5-6-7-8-9-10-11(4-2)12(13)14/h4,11H,2-3,5-10H2,1H3,(H,13,14)/t11-/m1/s1. The predicted molar refractivity (Wildman–Crippen MR) is 59.3 cm³/mol. The second-order valence-electron chi connectivity index (χ2n) is 3.74. The number of aliphatic carboxylic acids is 1. The van der Waals surface area contributed by atoms with Gasteiger partial charge in [0.2, 0.25) is 0 Å². The summed E-state index contributed by atoms with van der Waals surface area (Å²) in [4.78, 5) is 10.6. The Kier molecular flexibility index (Phi) is 8.30. The van der Waals surface area contributed by atoms with Crippen LogP contribution in [0.15, 0.2) is 12.7 Å². The summed E-state index contributed by atoms with van der Waals surface area (Å²) in [5.41, 5.74) is 0. The van der Waals surface area contributed by atoms with Crippen LogP contribution >= 0.6 is 0 Å². The number of rotatable bonds is 9. The summed E-state index contributed by atoms with van der Waals surface area (Å²) >= 11 is 0. The van der Waals surface area contributed by atoms with Gasteiger partial charge in [0.15, 0.2) is 0 Å². The predicted octanol–water partition coefficient (Wildman–Crippen LogP) is 3.62. The van der Waals surface area contributed by atoms with E-state index in [0.29, 0.717) is 0 Å². The fourth-order valence-electron chi connectivity index (χ4n) is 1.49. The van der Waals surface area contributed by atoms with Crippen LogP contribution in [0.5, 0.6) is 0 Å². The monoisotopic (exact) mass is 198 g/mol. The van der Waals surface area contributed by atoms with Crippen molar-refractivity contribution in [2.75, 3.05) is 0 Å². The summed E-state index contributed by atoms with van der Waals surface area (Å²) in [6.07, 6.45) is 9.50. The summed E-state index contributed by atoms with van der Waals surface area (Å²) in [6, 6.07) is 0. The summed E-state index contributed by atoms with van der Waals surface area (Å²) in [5.74, 6) is -1.09. The van der Waals surface area contributed by atoms with Gasteiger partial charge in [0.1, 0.15) is 0 Å². The van der Waals surface area contributed by atoms with E-state index >= 15 is 0 Å². The van der Waals surface area contributed by atoms with Gasteiger partial charge in [-0.2, -0.15) is 0 Å². The van der Waals surface area contributed by atoms with E-state index in [0.717, 1.165) is 19.3 Å². The van der Waals surface area contributed by atoms with Gasteiger partial charge in [-0.15, -0.1) is 6.58 Å². The van der Waals surface area contributed by atoms with Gasteiger partial charge in [-0.3, -0.25) is 4.79 Å². The largest absolute Gasteiger partial charge is 0.481 e. The van der Waals surface area contributed by atoms with E-state index in [4.69, 9.17) is 5.11 Å². The maximum atomic E-state index is 10.6. The first-order valence-corrected chi connectivity index (χ1v) is 5.57. The first-order valence-electron chi connectivity index (χ1n) is 5.57. The zero-order chi connectivity index (χ0) is 10.8. The van der Waals surface area contributed by atoms with Crippen molar-refractivity contribution >= 4 is 5.97 Å². The minimum Gasteiger partial charge on any atom is -0.481 e.